The molecule has 1 unspecified atom stereocenters. The van der Waals surface area contributed by atoms with Crippen LogP contribution in [0.4, 0.5) is 0 Å². The predicted octanol–water partition coefficient (Wildman–Crippen LogP) is 2.86. The first kappa shape index (κ1) is 13.8. The standard InChI is InChI=1S/C11H17IO2/c1-8(6-12)5-11(14)10(3)4-9(2)7-13/h4,6-7,9,11,14H,5H2,1-3H3/t9?,11-/m1/s1. The summed E-state index contributed by atoms with van der Waals surface area (Å²) in [6.45, 7) is 5.64. The number of hydrogen-bond donors (Lipinski definition) is 1. The molecule has 0 rings (SSSR count). The number of carbonyl (C=O) groups is 1. The molecule has 0 spiro atoms. The van der Waals surface area contributed by atoms with E-state index in [-0.39, 0.29) is 5.92 Å². The Kier molecular flexibility index (Phi) is 7.09. The molecule has 0 bridgehead atoms. The fraction of sp³-hybridized carbons (Fsp3) is 0.545. The van der Waals surface area contributed by atoms with Gasteiger partial charge in [-0.1, -0.05) is 41.2 Å². The van der Waals surface area contributed by atoms with Crippen LogP contribution in [0, 0.1) is 5.92 Å². The lowest BCUT2D eigenvalue weighted by atomic mass is 10.0. The molecule has 0 aromatic rings. The highest BCUT2D eigenvalue weighted by atomic mass is 127. The Balaban J connectivity index is 4.31. The summed E-state index contributed by atoms with van der Waals surface area (Å²) in [7, 11) is 0. The van der Waals surface area contributed by atoms with Crippen molar-refractivity contribution >= 4 is 28.9 Å². The van der Waals surface area contributed by atoms with Gasteiger partial charge in [-0.15, -0.1) is 0 Å². The van der Waals surface area contributed by atoms with Crippen molar-refractivity contribution in [2.24, 2.45) is 5.92 Å². The molecule has 2 nitrogen and oxygen atoms in total. The van der Waals surface area contributed by atoms with Crippen molar-refractivity contribution in [1.82, 2.24) is 0 Å². The summed E-state index contributed by atoms with van der Waals surface area (Å²) in [4.78, 5) is 10.4. The number of aldehydes is 1. The van der Waals surface area contributed by atoms with E-state index in [9.17, 15) is 9.90 Å². The van der Waals surface area contributed by atoms with Crippen LogP contribution in [0.2, 0.25) is 0 Å². The number of carbonyl (C=O) groups excluding carboxylic acids is 1. The average molecular weight is 308 g/mol. The largest absolute Gasteiger partial charge is 0.388 e. The van der Waals surface area contributed by atoms with Crippen molar-refractivity contribution in [2.75, 3.05) is 0 Å². The molecule has 0 saturated heterocycles. The third kappa shape index (κ3) is 5.54. The van der Waals surface area contributed by atoms with Crippen LogP contribution in [0.25, 0.3) is 0 Å². The zero-order chi connectivity index (χ0) is 11.1. The van der Waals surface area contributed by atoms with Crippen molar-refractivity contribution in [1.29, 1.82) is 0 Å². The fourth-order valence-electron chi connectivity index (χ4n) is 1.08. The van der Waals surface area contributed by atoms with Crippen LogP contribution in [0.3, 0.4) is 0 Å². The van der Waals surface area contributed by atoms with Gasteiger partial charge in [0.1, 0.15) is 6.29 Å². The second kappa shape index (κ2) is 7.17. The number of halogens is 1. The lowest BCUT2D eigenvalue weighted by Crippen LogP contribution is -2.10. The minimum atomic E-state index is -0.469. The number of aliphatic hydroxyl groups excluding tert-OH is 1. The van der Waals surface area contributed by atoms with Crippen molar-refractivity contribution in [3.8, 4) is 0 Å². The van der Waals surface area contributed by atoms with Crippen LogP contribution >= 0.6 is 22.6 Å². The van der Waals surface area contributed by atoms with Gasteiger partial charge in [-0.2, -0.15) is 0 Å². The first-order chi connectivity index (χ1) is 6.51. The zero-order valence-corrected chi connectivity index (χ0v) is 11.0. The fourth-order valence-corrected chi connectivity index (χ4v) is 1.33. The Labute approximate surface area is 99.2 Å². The molecule has 0 radical (unpaired) electrons. The topological polar surface area (TPSA) is 37.3 Å². The molecule has 0 fully saturated rings. The van der Waals surface area contributed by atoms with Crippen LogP contribution in [0.5, 0.6) is 0 Å². The molecular weight excluding hydrogens is 291 g/mol. The molecule has 0 saturated carbocycles. The van der Waals surface area contributed by atoms with Crippen molar-refractivity contribution in [3.05, 3.63) is 21.3 Å². The Hall–Kier alpha value is -0.160. The molecule has 80 valence electrons. The van der Waals surface area contributed by atoms with Gasteiger partial charge in [0.2, 0.25) is 0 Å². The van der Waals surface area contributed by atoms with Crippen molar-refractivity contribution in [3.63, 3.8) is 0 Å². The van der Waals surface area contributed by atoms with Gasteiger partial charge in [0.25, 0.3) is 0 Å². The molecule has 0 aliphatic carbocycles. The summed E-state index contributed by atoms with van der Waals surface area (Å²) in [5.41, 5.74) is 2.01. The minimum Gasteiger partial charge on any atom is -0.388 e. The van der Waals surface area contributed by atoms with E-state index in [2.05, 4.69) is 22.6 Å². The van der Waals surface area contributed by atoms with E-state index >= 15 is 0 Å². The monoisotopic (exact) mass is 308 g/mol. The van der Waals surface area contributed by atoms with Crippen molar-refractivity contribution < 1.29 is 9.90 Å². The first-order valence-electron chi connectivity index (χ1n) is 4.58. The van der Waals surface area contributed by atoms with Gasteiger partial charge >= 0.3 is 0 Å². The first-order valence-corrected chi connectivity index (χ1v) is 5.83. The summed E-state index contributed by atoms with van der Waals surface area (Å²) in [5, 5.41) is 9.74. The summed E-state index contributed by atoms with van der Waals surface area (Å²) in [5.74, 6) is -0.117. The maximum atomic E-state index is 10.4. The van der Waals surface area contributed by atoms with Crippen LogP contribution in [-0.4, -0.2) is 17.5 Å². The Morgan fingerprint density at radius 1 is 1.50 bits per heavy atom. The molecule has 3 heteroatoms. The van der Waals surface area contributed by atoms with Crippen LogP contribution in [-0.2, 0) is 4.79 Å². The zero-order valence-electron chi connectivity index (χ0n) is 8.83. The Morgan fingerprint density at radius 2 is 2.07 bits per heavy atom. The van der Waals surface area contributed by atoms with Crippen molar-refractivity contribution in [2.45, 2.75) is 33.3 Å². The molecule has 0 aliphatic heterocycles. The van der Waals surface area contributed by atoms with Crippen LogP contribution < -0.4 is 0 Å². The van der Waals surface area contributed by atoms with Gasteiger partial charge in [-0.3, -0.25) is 0 Å². The predicted molar refractivity (Wildman–Crippen MR) is 67.4 cm³/mol. The average Bonchev–Trinajstić information content (AvgIpc) is 2.17. The lowest BCUT2D eigenvalue weighted by molar-refractivity contribution is -0.109. The molecule has 0 amide bonds. The Morgan fingerprint density at radius 3 is 2.50 bits per heavy atom. The number of aliphatic hydroxyl groups is 1. The van der Waals surface area contributed by atoms with Crippen LogP contribution in [0.1, 0.15) is 27.2 Å². The number of allylic oxidation sites excluding steroid dienone is 1. The smallest absolute Gasteiger partial charge is 0.126 e. The van der Waals surface area contributed by atoms with Gasteiger partial charge in [0.15, 0.2) is 0 Å². The van der Waals surface area contributed by atoms with Gasteiger partial charge in [0.05, 0.1) is 6.10 Å². The molecule has 0 aromatic heterocycles. The second-order valence-electron chi connectivity index (χ2n) is 3.58. The molecule has 14 heavy (non-hydrogen) atoms. The van der Waals surface area contributed by atoms with Gasteiger partial charge in [-0.25, -0.2) is 0 Å². The molecule has 0 aromatic carbocycles. The Bertz CT molecular complexity index is 244. The highest BCUT2D eigenvalue weighted by molar-refractivity contribution is 14.1. The minimum absolute atomic E-state index is 0.117. The van der Waals surface area contributed by atoms with E-state index in [0.717, 1.165) is 17.4 Å². The molecular formula is C11H17IO2. The molecule has 0 heterocycles. The number of hydrogen-bond acceptors (Lipinski definition) is 2. The van der Waals surface area contributed by atoms with Crippen LogP contribution in [0.15, 0.2) is 21.3 Å². The lowest BCUT2D eigenvalue weighted by Gasteiger charge is -2.12. The molecule has 2 atom stereocenters. The van der Waals surface area contributed by atoms with E-state index in [1.807, 2.05) is 24.9 Å². The van der Waals surface area contributed by atoms with E-state index in [0.29, 0.717) is 6.42 Å². The van der Waals surface area contributed by atoms with E-state index < -0.39 is 6.10 Å². The quantitative estimate of drug-likeness (QED) is 0.482. The maximum absolute atomic E-state index is 10.4. The van der Waals surface area contributed by atoms with Gasteiger partial charge < -0.3 is 9.90 Å². The summed E-state index contributed by atoms with van der Waals surface area (Å²) in [6, 6.07) is 0. The van der Waals surface area contributed by atoms with E-state index in [1.165, 1.54) is 0 Å². The summed E-state index contributed by atoms with van der Waals surface area (Å²) in [6.07, 6.45) is 2.84. The highest BCUT2D eigenvalue weighted by Crippen LogP contribution is 2.14. The normalized spacial score (nSPS) is 17.8. The molecule has 1 N–H and O–H groups in total. The summed E-state index contributed by atoms with van der Waals surface area (Å²) < 4.78 is 1.96. The highest BCUT2D eigenvalue weighted by Gasteiger charge is 2.08. The van der Waals surface area contributed by atoms with E-state index in [4.69, 9.17) is 0 Å². The second-order valence-corrected chi connectivity index (χ2v) is 4.20. The third-order valence-electron chi connectivity index (χ3n) is 1.97. The number of rotatable bonds is 5. The third-order valence-corrected chi connectivity index (χ3v) is 3.03. The van der Waals surface area contributed by atoms with Gasteiger partial charge in [-0.05, 0) is 29.9 Å². The summed E-state index contributed by atoms with van der Waals surface area (Å²) >= 11 is 2.15. The maximum Gasteiger partial charge on any atom is 0.126 e. The van der Waals surface area contributed by atoms with Gasteiger partial charge in [0, 0.05) is 5.92 Å². The molecule has 0 aliphatic rings. The van der Waals surface area contributed by atoms with E-state index in [1.54, 1.807) is 6.08 Å². The SMILES string of the molecule is CC(=CI)C[C@@H](O)C(C)=CC(C)C=O.